The largest absolute Gasteiger partial charge is 0.507 e. The minimum Gasteiger partial charge on any atom is -0.507 e. The molecule has 0 aliphatic rings. The zero-order chi connectivity index (χ0) is 18.0. The number of aromatic hydroxyl groups is 1. The molecule has 0 saturated carbocycles. The lowest BCUT2D eigenvalue weighted by atomic mass is 10.00. The van der Waals surface area contributed by atoms with Crippen LogP contribution >= 0.6 is 23.2 Å². The number of amides is 2. The lowest BCUT2D eigenvalue weighted by molar-refractivity contribution is -0.384. The molecule has 8 nitrogen and oxygen atoms in total. The number of primary amides is 1. The van der Waals surface area contributed by atoms with E-state index in [0.717, 1.165) is 6.07 Å². The number of anilines is 1. The van der Waals surface area contributed by atoms with Gasteiger partial charge in [-0.1, -0.05) is 29.3 Å². The number of halogens is 2. The maximum atomic E-state index is 11.2. The molecule has 24 heavy (non-hydrogen) atoms. The molecule has 0 heterocycles. The SMILES string of the molecule is N#Cc1ccc(-c2c(O)cc([N+](=O)[O-])c(Cl)c2NC(N)=O)c(Cl)c1. The Morgan fingerprint density at radius 2 is 2.04 bits per heavy atom. The Hall–Kier alpha value is -3.02. The van der Waals surface area contributed by atoms with Crippen LogP contribution in [-0.4, -0.2) is 16.1 Å². The number of hydrogen-bond donors (Lipinski definition) is 3. The number of carbonyl (C=O) groups is 1. The molecule has 0 unspecified atom stereocenters. The first-order valence-corrected chi connectivity index (χ1v) is 6.98. The van der Waals surface area contributed by atoms with Crippen molar-refractivity contribution in [2.75, 3.05) is 5.32 Å². The van der Waals surface area contributed by atoms with Gasteiger partial charge in [0.05, 0.1) is 33.9 Å². The van der Waals surface area contributed by atoms with Crippen LogP contribution in [-0.2, 0) is 0 Å². The van der Waals surface area contributed by atoms with E-state index < -0.39 is 27.4 Å². The predicted octanol–water partition coefficient (Wildman–Crippen LogP) is 3.64. The molecule has 4 N–H and O–H groups in total. The lowest BCUT2D eigenvalue weighted by Gasteiger charge is -2.15. The molecular weight excluding hydrogens is 359 g/mol. The molecule has 2 aromatic rings. The summed E-state index contributed by atoms with van der Waals surface area (Å²) >= 11 is 12.1. The maximum absolute atomic E-state index is 11.2. The average Bonchev–Trinajstić information content (AvgIpc) is 2.50. The van der Waals surface area contributed by atoms with E-state index in [2.05, 4.69) is 5.32 Å². The predicted molar refractivity (Wildman–Crippen MR) is 88.1 cm³/mol. The zero-order valence-electron chi connectivity index (χ0n) is 11.7. The van der Waals surface area contributed by atoms with Gasteiger partial charge < -0.3 is 16.2 Å². The Bertz CT molecular complexity index is 909. The summed E-state index contributed by atoms with van der Waals surface area (Å²) in [6.07, 6.45) is 0. The summed E-state index contributed by atoms with van der Waals surface area (Å²) < 4.78 is 0. The highest BCUT2D eigenvalue weighted by atomic mass is 35.5. The number of nitro groups is 1. The van der Waals surface area contributed by atoms with E-state index in [1.807, 2.05) is 6.07 Å². The van der Waals surface area contributed by atoms with Crippen molar-refractivity contribution in [3.63, 3.8) is 0 Å². The standard InChI is InChI=1S/C14H8Cl2N4O4/c15-8-3-6(5-17)1-2-7(8)11-10(21)4-9(20(23)24)12(16)13(11)19-14(18)22/h1-4,21H,(H3,18,19,22). The Morgan fingerprint density at radius 1 is 1.38 bits per heavy atom. The second kappa shape index (κ2) is 6.62. The van der Waals surface area contributed by atoms with Crippen molar-refractivity contribution in [2.45, 2.75) is 0 Å². The number of nitrogens with two attached hydrogens (primary N) is 1. The smallest absolute Gasteiger partial charge is 0.316 e. The number of phenolic OH excluding ortho intramolecular Hbond substituents is 1. The molecular formula is C14H8Cl2N4O4. The number of phenols is 1. The van der Waals surface area contributed by atoms with E-state index in [0.29, 0.717) is 0 Å². The fraction of sp³-hybridized carbons (Fsp3) is 0. The van der Waals surface area contributed by atoms with Crippen molar-refractivity contribution < 1.29 is 14.8 Å². The van der Waals surface area contributed by atoms with Gasteiger partial charge in [0.15, 0.2) is 0 Å². The van der Waals surface area contributed by atoms with Gasteiger partial charge in [0.1, 0.15) is 10.8 Å². The van der Waals surface area contributed by atoms with Gasteiger partial charge in [-0.3, -0.25) is 10.1 Å². The summed E-state index contributed by atoms with van der Waals surface area (Å²) in [5.41, 5.74) is 4.59. The van der Waals surface area contributed by atoms with Gasteiger partial charge in [-0.05, 0) is 12.1 Å². The molecule has 2 rings (SSSR count). The molecule has 0 spiro atoms. The number of benzene rings is 2. The molecule has 10 heteroatoms. The fourth-order valence-electron chi connectivity index (χ4n) is 2.06. The molecule has 0 fully saturated rings. The first-order valence-electron chi connectivity index (χ1n) is 6.22. The fourth-order valence-corrected chi connectivity index (χ4v) is 2.60. The Kier molecular flexibility index (Phi) is 4.78. The molecule has 0 radical (unpaired) electrons. The second-order valence-corrected chi connectivity index (χ2v) is 5.32. The summed E-state index contributed by atoms with van der Waals surface area (Å²) in [5, 5.41) is 31.9. The van der Waals surface area contributed by atoms with Crippen molar-refractivity contribution in [3.05, 3.63) is 50.0 Å². The van der Waals surface area contributed by atoms with Crippen molar-refractivity contribution >= 4 is 40.6 Å². The first-order chi connectivity index (χ1) is 11.3. The molecule has 122 valence electrons. The third-order valence-electron chi connectivity index (χ3n) is 3.04. The number of nitrogens with zero attached hydrogens (tertiary/aromatic N) is 2. The molecule has 0 aliphatic carbocycles. The molecule has 0 bridgehead atoms. The number of nitro benzene ring substituents is 1. The number of urea groups is 1. The molecule has 0 aliphatic heterocycles. The van der Waals surface area contributed by atoms with Gasteiger partial charge in [0.2, 0.25) is 0 Å². The van der Waals surface area contributed by atoms with E-state index >= 15 is 0 Å². The molecule has 2 amide bonds. The van der Waals surface area contributed by atoms with Crippen LogP contribution < -0.4 is 11.1 Å². The van der Waals surface area contributed by atoms with Crippen molar-refractivity contribution in [2.24, 2.45) is 5.73 Å². The van der Waals surface area contributed by atoms with Gasteiger partial charge in [-0.25, -0.2) is 4.79 Å². The van der Waals surface area contributed by atoms with E-state index in [1.165, 1.54) is 18.2 Å². The summed E-state index contributed by atoms with van der Waals surface area (Å²) in [7, 11) is 0. The van der Waals surface area contributed by atoms with E-state index in [4.69, 9.17) is 34.2 Å². The average molecular weight is 367 g/mol. The highest BCUT2D eigenvalue weighted by molar-refractivity contribution is 6.38. The lowest BCUT2D eigenvalue weighted by Crippen LogP contribution is -2.20. The molecule has 0 atom stereocenters. The van der Waals surface area contributed by atoms with Crippen LogP contribution in [0.2, 0.25) is 10.0 Å². The normalized spacial score (nSPS) is 10.0. The van der Waals surface area contributed by atoms with Gasteiger partial charge >= 0.3 is 6.03 Å². The number of rotatable bonds is 3. The summed E-state index contributed by atoms with van der Waals surface area (Å²) in [5.74, 6) is -0.540. The minimum absolute atomic E-state index is 0.0566. The van der Waals surface area contributed by atoms with Crippen LogP contribution in [0.5, 0.6) is 5.75 Å². The van der Waals surface area contributed by atoms with Crippen molar-refractivity contribution in [3.8, 4) is 22.9 Å². The minimum atomic E-state index is -1.04. The molecule has 2 aromatic carbocycles. The number of nitriles is 1. The molecule has 0 aromatic heterocycles. The van der Waals surface area contributed by atoms with E-state index in [-0.39, 0.29) is 27.4 Å². The van der Waals surface area contributed by atoms with Crippen LogP contribution in [0.1, 0.15) is 5.56 Å². The van der Waals surface area contributed by atoms with Crippen molar-refractivity contribution in [1.82, 2.24) is 0 Å². The second-order valence-electron chi connectivity index (χ2n) is 4.53. The third kappa shape index (κ3) is 3.17. The third-order valence-corrected chi connectivity index (χ3v) is 3.73. The highest BCUT2D eigenvalue weighted by Crippen LogP contribution is 2.47. The zero-order valence-corrected chi connectivity index (χ0v) is 13.2. The summed E-state index contributed by atoms with van der Waals surface area (Å²) in [4.78, 5) is 21.4. The highest BCUT2D eigenvalue weighted by Gasteiger charge is 2.26. The summed E-state index contributed by atoms with van der Waals surface area (Å²) in [6, 6.07) is 5.84. The van der Waals surface area contributed by atoms with Crippen LogP contribution in [0.15, 0.2) is 24.3 Å². The van der Waals surface area contributed by atoms with Crippen LogP contribution in [0.4, 0.5) is 16.2 Å². The maximum Gasteiger partial charge on any atom is 0.316 e. The van der Waals surface area contributed by atoms with E-state index in [1.54, 1.807) is 0 Å². The number of nitrogens with one attached hydrogen (secondary N) is 1. The van der Waals surface area contributed by atoms with Crippen LogP contribution in [0, 0.1) is 21.4 Å². The van der Waals surface area contributed by atoms with E-state index in [9.17, 15) is 20.0 Å². The monoisotopic (exact) mass is 366 g/mol. The topological polar surface area (TPSA) is 142 Å². The summed E-state index contributed by atoms with van der Waals surface area (Å²) in [6.45, 7) is 0. The quantitative estimate of drug-likeness (QED) is 0.561. The number of hydrogen-bond acceptors (Lipinski definition) is 5. The van der Waals surface area contributed by atoms with Crippen LogP contribution in [0.25, 0.3) is 11.1 Å². The van der Waals surface area contributed by atoms with Gasteiger partial charge in [0, 0.05) is 10.6 Å². The molecule has 0 saturated heterocycles. The Balaban J connectivity index is 2.83. The van der Waals surface area contributed by atoms with Crippen molar-refractivity contribution in [1.29, 1.82) is 5.26 Å². The van der Waals surface area contributed by atoms with Gasteiger partial charge in [-0.15, -0.1) is 0 Å². The van der Waals surface area contributed by atoms with Gasteiger partial charge in [-0.2, -0.15) is 5.26 Å². The van der Waals surface area contributed by atoms with Gasteiger partial charge in [0.25, 0.3) is 5.69 Å². The Morgan fingerprint density at radius 3 is 2.54 bits per heavy atom. The first kappa shape index (κ1) is 17.3. The number of carbonyl (C=O) groups excluding carboxylic acids is 1. The Labute approximate surface area is 145 Å². The van der Waals surface area contributed by atoms with Crippen LogP contribution in [0.3, 0.4) is 0 Å².